The zero-order valence-corrected chi connectivity index (χ0v) is 3.63. The Labute approximate surface area is 40.6 Å². The van der Waals surface area contributed by atoms with Gasteiger partial charge in [0.05, 0.1) is 0 Å². The van der Waals surface area contributed by atoms with Crippen molar-refractivity contribution < 1.29 is 15.0 Å². The molecule has 0 heterocycles. The quantitative estimate of drug-likeness (QED) is 0.436. The minimum atomic E-state index is -1.51. The maximum Gasteiger partial charge on any atom is 0.248 e. The zero-order chi connectivity index (χ0) is 5.86. The maximum absolute atomic E-state index is 9.70. The molecule has 0 saturated carbocycles. The molecule has 0 aromatic rings. The standard InChI is InChI=1S/C3H6NO3/c4-3(7)2(6)1-5/h2,6H,1H2,(H2,4,7)/t2-/m1/s1. The van der Waals surface area contributed by atoms with Crippen LogP contribution in [0.3, 0.4) is 0 Å². The summed E-state index contributed by atoms with van der Waals surface area (Å²) in [5.74, 6) is -0.963. The number of carbonyl (C=O) groups excluding carboxylic acids is 1. The molecule has 1 amide bonds. The number of hydrogen-bond acceptors (Lipinski definition) is 2. The molecule has 1 atom stereocenters. The molecule has 0 aliphatic rings. The fourth-order valence-corrected chi connectivity index (χ4v) is 0.0821. The monoisotopic (exact) mass is 104 g/mol. The highest BCUT2D eigenvalue weighted by molar-refractivity contribution is 5.78. The number of rotatable bonds is 2. The van der Waals surface area contributed by atoms with Gasteiger partial charge in [-0.1, -0.05) is 0 Å². The van der Waals surface area contributed by atoms with Crippen LogP contribution in [0, 0.1) is 0 Å². The van der Waals surface area contributed by atoms with Gasteiger partial charge >= 0.3 is 0 Å². The van der Waals surface area contributed by atoms with E-state index in [0.29, 0.717) is 0 Å². The number of amides is 1. The highest BCUT2D eigenvalue weighted by atomic mass is 16.3. The van der Waals surface area contributed by atoms with Crippen LogP contribution in [0.25, 0.3) is 0 Å². The summed E-state index contributed by atoms with van der Waals surface area (Å²) in [5.41, 5.74) is 4.46. The first-order chi connectivity index (χ1) is 3.18. The van der Waals surface area contributed by atoms with Gasteiger partial charge in [-0.05, 0) is 0 Å². The first kappa shape index (κ1) is 6.39. The molecule has 0 fully saturated rings. The van der Waals surface area contributed by atoms with Crippen LogP contribution in [0.2, 0.25) is 0 Å². The predicted molar refractivity (Wildman–Crippen MR) is 20.8 cm³/mol. The molecule has 0 aromatic heterocycles. The van der Waals surface area contributed by atoms with Gasteiger partial charge < -0.3 is 10.8 Å². The summed E-state index contributed by atoms with van der Waals surface area (Å²) in [6.07, 6.45) is -1.51. The van der Waals surface area contributed by atoms with Gasteiger partial charge in [0.15, 0.2) is 6.10 Å². The Morgan fingerprint density at radius 3 is 2.29 bits per heavy atom. The van der Waals surface area contributed by atoms with Gasteiger partial charge in [0, 0.05) is 0 Å². The topological polar surface area (TPSA) is 83.2 Å². The van der Waals surface area contributed by atoms with Crippen molar-refractivity contribution in [1.82, 2.24) is 0 Å². The molecule has 0 unspecified atom stereocenters. The number of aliphatic hydroxyl groups excluding tert-OH is 1. The Kier molecular flexibility index (Phi) is 2.32. The molecule has 0 spiro atoms. The van der Waals surface area contributed by atoms with E-state index in [1.165, 1.54) is 0 Å². The normalized spacial score (nSPS) is 13.4. The lowest BCUT2D eigenvalue weighted by Crippen LogP contribution is -2.30. The van der Waals surface area contributed by atoms with Crippen LogP contribution in [-0.2, 0) is 9.90 Å². The molecule has 1 radical (unpaired) electrons. The van der Waals surface area contributed by atoms with Crippen LogP contribution in [-0.4, -0.2) is 23.7 Å². The van der Waals surface area contributed by atoms with E-state index in [-0.39, 0.29) is 0 Å². The van der Waals surface area contributed by atoms with Crippen molar-refractivity contribution in [1.29, 1.82) is 0 Å². The molecular weight excluding hydrogens is 98.0 g/mol. The molecule has 7 heavy (non-hydrogen) atoms. The Morgan fingerprint density at radius 2 is 2.29 bits per heavy atom. The van der Waals surface area contributed by atoms with Gasteiger partial charge in [0.25, 0.3) is 0 Å². The van der Waals surface area contributed by atoms with E-state index in [4.69, 9.17) is 5.11 Å². The Balaban J connectivity index is 3.34. The predicted octanol–water partition coefficient (Wildman–Crippen LogP) is -1.74. The molecule has 0 aromatic carbocycles. The van der Waals surface area contributed by atoms with Crippen molar-refractivity contribution in [2.75, 3.05) is 6.61 Å². The van der Waals surface area contributed by atoms with Gasteiger partial charge in [-0.2, -0.15) is 0 Å². The molecule has 4 nitrogen and oxygen atoms in total. The van der Waals surface area contributed by atoms with E-state index in [9.17, 15) is 9.90 Å². The van der Waals surface area contributed by atoms with Crippen molar-refractivity contribution in [3.63, 3.8) is 0 Å². The molecule has 0 aliphatic heterocycles. The van der Waals surface area contributed by atoms with Crippen LogP contribution in [0.1, 0.15) is 0 Å². The first-order valence-corrected chi connectivity index (χ1v) is 1.74. The number of nitrogens with two attached hydrogens (primary N) is 1. The lowest BCUT2D eigenvalue weighted by Gasteiger charge is -1.95. The van der Waals surface area contributed by atoms with Crippen LogP contribution in [0.15, 0.2) is 0 Å². The second-order valence-corrected chi connectivity index (χ2v) is 1.08. The van der Waals surface area contributed by atoms with Gasteiger partial charge in [-0.25, -0.2) is 5.11 Å². The van der Waals surface area contributed by atoms with Crippen molar-refractivity contribution in [3.05, 3.63) is 0 Å². The molecule has 4 heteroatoms. The van der Waals surface area contributed by atoms with Crippen LogP contribution in [0.5, 0.6) is 0 Å². The van der Waals surface area contributed by atoms with Crippen LogP contribution < -0.4 is 5.73 Å². The Morgan fingerprint density at radius 1 is 1.86 bits per heavy atom. The summed E-state index contributed by atoms with van der Waals surface area (Å²) in [7, 11) is 0. The summed E-state index contributed by atoms with van der Waals surface area (Å²) >= 11 is 0. The second kappa shape index (κ2) is 2.54. The minimum Gasteiger partial charge on any atom is -0.381 e. The number of hydrogen-bond donors (Lipinski definition) is 2. The average molecular weight is 104 g/mol. The highest BCUT2D eigenvalue weighted by Gasteiger charge is 2.07. The van der Waals surface area contributed by atoms with E-state index in [1.54, 1.807) is 0 Å². The number of carbonyl (C=O) groups is 1. The molecule has 3 N–H and O–H groups in total. The highest BCUT2D eigenvalue weighted by Crippen LogP contribution is 1.73. The smallest absolute Gasteiger partial charge is 0.248 e. The van der Waals surface area contributed by atoms with E-state index in [1.807, 2.05) is 0 Å². The molecule has 0 aliphatic carbocycles. The third kappa shape index (κ3) is 2.13. The summed E-state index contributed by atoms with van der Waals surface area (Å²) in [4.78, 5) is 9.70. The summed E-state index contributed by atoms with van der Waals surface area (Å²) in [6, 6.07) is 0. The molecule has 0 rings (SSSR count). The molecular formula is C3H6NO3. The average Bonchev–Trinajstić information content (AvgIpc) is 1.65. The van der Waals surface area contributed by atoms with Crippen LogP contribution >= 0.6 is 0 Å². The molecule has 0 bridgehead atoms. The van der Waals surface area contributed by atoms with Crippen LogP contribution in [0.4, 0.5) is 0 Å². The second-order valence-electron chi connectivity index (χ2n) is 1.08. The van der Waals surface area contributed by atoms with E-state index in [2.05, 4.69) is 5.73 Å². The lowest BCUT2D eigenvalue weighted by molar-refractivity contribution is -0.128. The first-order valence-electron chi connectivity index (χ1n) is 1.74. The number of primary amides is 1. The Hall–Kier alpha value is -0.610. The van der Waals surface area contributed by atoms with Gasteiger partial charge in [-0.3, -0.25) is 4.79 Å². The van der Waals surface area contributed by atoms with Gasteiger partial charge in [0.1, 0.15) is 6.61 Å². The largest absolute Gasteiger partial charge is 0.381 e. The van der Waals surface area contributed by atoms with Crippen molar-refractivity contribution in [2.24, 2.45) is 5.73 Å². The summed E-state index contributed by atoms with van der Waals surface area (Å²) in [6.45, 7) is -0.852. The zero-order valence-electron chi connectivity index (χ0n) is 3.63. The SMILES string of the molecule is NC(=O)[C@H](O)C[O]. The molecule has 0 saturated heterocycles. The third-order valence-corrected chi connectivity index (χ3v) is 0.486. The van der Waals surface area contributed by atoms with E-state index < -0.39 is 18.6 Å². The third-order valence-electron chi connectivity index (χ3n) is 0.486. The van der Waals surface area contributed by atoms with Crippen molar-refractivity contribution >= 4 is 5.91 Å². The summed E-state index contributed by atoms with van der Waals surface area (Å²) in [5, 5.41) is 17.7. The van der Waals surface area contributed by atoms with Crippen molar-refractivity contribution in [2.45, 2.75) is 6.10 Å². The number of aliphatic hydroxyl groups is 1. The van der Waals surface area contributed by atoms with E-state index in [0.717, 1.165) is 0 Å². The fraction of sp³-hybridized carbons (Fsp3) is 0.667. The maximum atomic E-state index is 9.70. The summed E-state index contributed by atoms with van der Waals surface area (Å²) < 4.78 is 0. The molecule has 41 valence electrons. The van der Waals surface area contributed by atoms with E-state index >= 15 is 0 Å². The van der Waals surface area contributed by atoms with Gasteiger partial charge in [-0.15, -0.1) is 0 Å². The van der Waals surface area contributed by atoms with Crippen molar-refractivity contribution in [3.8, 4) is 0 Å². The minimum absolute atomic E-state index is 0.852. The fourth-order valence-electron chi connectivity index (χ4n) is 0.0821. The Bertz CT molecular complexity index is 72.6. The lowest BCUT2D eigenvalue weighted by atomic mass is 10.4. The van der Waals surface area contributed by atoms with Gasteiger partial charge in [0.2, 0.25) is 5.91 Å².